The Bertz CT molecular complexity index is 477. The molecule has 2 nitrogen and oxygen atoms in total. The van der Waals surface area contributed by atoms with Crippen molar-refractivity contribution in [1.29, 1.82) is 0 Å². The van der Waals surface area contributed by atoms with E-state index in [1.165, 1.54) is 77.5 Å². The SMILES string of the molecule is C[N+](C)(CCCCCCCCCC[N+](C)(C)CC1C=CC=C1)CC1C=CC=C1. The Morgan fingerprint density at radius 3 is 1.07 bits per heavy atom. The molecule has 0 fully saturated rings. The molecule has 2 rings (SSSR count). The quantitative estimate of drug-likeness (QED) is 0.248. The second kappa shape index (κ2) is 11.8. The molecule has 0 saturated heterocycles. The molecule has 0 aromatic rings. The van der Waals surface area contributed by atoms with Crippen LogP contribution in [0.1, 0.15) is 51.4 Å². The Morgan fingerprint density at radius 2 is 0.750 bits per heavy atom. The number of nitrogens with zero attached hydrogens (tertiary/aromatic N) is 2. The van der Waals surface area contributed by atoms with Gasteiger partial charge in [-0.1, -0.05) is 74.3 Å². The first-order chi connectivity index (χ1) is 13.4. The van der Waals surface area contributed by atoms with E-state index >= 15 is 0 Å². The highest BCUT2D eigenvalue weighted by atomic mass is 15.3. The van der Waals surface area contributed by atoms with E-state index in [0.29, 0.717) is 11.8 Å². The highest BCUT2D eigenvalue weighted by molar-refractivity contribution is 5.17. The first kappa shape index (κ1) is 23.2. The first-order valence-electron chi connectivity index (χ1n) is 11.7. The van der Waals surface area contributed by atoms with Crippen molar-refractivity contribution in [3.05, 3.63) is 48.6 Å². The van der Waals surface area contributed by atoms with Crippen molar-refractivity contribution in [2.45, 2.75) is 51.4 Å². The fourth-order valence-corrected chi connectivity index (χ4v) is 4.66. The molecule has 0 spiro atoms. The van der Waals surface area contributed by atoms with Crippen LogP contribution in [0.3, 0.4) is 0 Å². The molecule has 2 aliphatic carbocycles. The summed E-state index contributed by atoms with van der Waals surface area (Å²) in [4.78, 5) is 0. The third kappa shape index (κ3) is 9.89. The molecular formula is C26H46N2+2. The molecule has 2 heteroatoms. The number of allylic oxidation sites excluding steroid dienone is 4. The van der Waals surface area contributed by atoms with E-state index < -0.39 is 0 Å². The number of quaternary nitrogens is 2. The van der Waals surface area contributed by atoms with Gasteiger partial charge in [0.05, 0.1) is 54.4 Å². The maximum absolute atomic E-state index is 2.39. The molecule has 2 aliphatic rings. The van der Waals surface area contributed by atoms with Crippen molar-refractivity contribution in [3.63, 3.8) is 0 Å². The van der Waals surface area contributed by atoms with E-state index in [-0.39, 0.29) is 0 Å². The molecule has 0 heterocycles. The second-order valence-electron chi connectivity index (χ2n) is 10.4. The summed E-state index contributed by atoms with van der Waals surface area (Å²) in [5, 5.41) is 0. The Morgan fingerprint density at radius 1 is 0.464 bits per heavy atom. The maximum Gasteiger partial charge on any atom is 0.0881 e. The number of unbranched alkanes of at least 4 members (excludes halogenated alkanes) is 7. The topological polar surface area (TPSA) is 0 Å². The van der Waals surface area contributed by atoms with Crippen molar-refractivity contribution in [3.8, 4) is 0 Å². The lowest BCUT2D eigenvalue weighted by atomic mass is 10.1. The Balaban J connectivity index is 1.40. The van der Waals surface area contributed by atoms with Crippen LogP contribution >= 0.6 is 0 Å². The van der Waals surface area contributed by atoms with E-state index in [1.807, 2.05) is 0 Å². The fraction of sp³-hybridized carbons (Fsp3) is 0.692. The molecule has 28 heavy (non-hydrogen) atoms. The molecule has 0 atom stereocenters. The standard InChI is InChI=1S/C26H46N2/c1-27(2,23-25-17-11-12-18-25)21-15-9-7-5-6-8-10-16-22-28(3,4)24-26-19-13-14-20-26/h11-14,17-20,25-26H,5-10,15-16,21-24H2,1-4H3/q+2. The van der Waals surface area contributed by atoms with Crippen LogP contribution < -0.4 is 0 Å². The Labute approximate surface area is 175 Å². The van der Waals surface area contributed by atoms with Gasteiger partial charge in [0.15, 0.2) is 0 Å². The summed E-state index contributed by atoms with van der Waals surface area (Å²) in [7, 11) is 9.55. The third-order valence-corrected chi connectivity index (χ3v) is 6.34. The molecular weight excluding hydrogens is 340 g/mol. The van der Waals surface area contributed by atoms with Gasteiger partial charge in [0.1, 0.15) is 0 Å². The van der Waals surface area contributed by atoms with Crippen molar-refractivity contribution >= 4 is 0 Å². The summed E-state index contributed by atoms with van der Waals surface area (Å²) in [6.07, 6.45) is 29.4. The van der Waals surface area contributed by atoms with Gasteiger partial charge in [-0.25, -0.2) is 0 Å². The monoisotopic (exact) mass is 386 g/mol. The van der Waals surface area contributed by atoms with Gasteiger partial charge in [-0.3, -0.25) is 0 Å². The lowest BCUT2D eigenvalue weighted by Crippen LogP contribution is -2.43. The van der Waals surface area contributed by atoms with Crippen LogP contribution in [0.4, 0.5) is 0 Å². The van der Waals surface area contributed by atoms with E-state index in [0.717, 1.165) is 8.97 Å². The van der Waals surface area contributed by atoms with Crippen LogP contribution in [-0.2, 0) is 0 Å². The van der Waals surface area contributed by atoms with Crippen molar-refractivity contribution in [1.82, 2.24) is 0 Å². The van der Waals surface area contributed by atoms with Gasteiger partial charge in [0, 0.05) is 11.8 Å². The van der Waals surface area contributed by atoms with Gasteiger partial charge < -0.3 is 8.97 Å². The van der Waals surface area contributed by atoms with Gasteiger partial charge in [-0.2, -0.15) is 0 Å². The summed E-state index contributed by atoms with van der Waals surface area (Å²) in [6, 6.07) is 0. The van der Waals surface area contributed by atoms with Crippen molar-refractivity contribution < 1.29 is 8.97 Å². The second-order valence-corrected chi connectivity index (χ2v) is 10.4. The molecule has 0 N–H and O–H groups in total. The number of hydrogen-bond acceptors (Lipinski definition) is 0. The molecule has 0 aliphatic heterocycles. The maximum atomic E-state index is 2.39. The van der Waals surface area contributed by atoms with E-state index in [9.17, 15) is 0 Å². The summed E-state index contributed by atoms with van der Waals surface area (Å²) >= 11 is 0. The van der Waals surface area contributed by atoms with Crippen LogP contribution in [0.25, 0.3) is 0 Å². The zero-order chi connectivity index (χ0) is 20.3. The predicted octanol–water partition coefficient (Wildman–Crippen LogP) is 5.74. The molecule has 0 amide bonds. The van der Waals surface area contributed by atoms with Crippen LogP contribution in [0.15, 0.2) is 48.6 Å². The normalized spacial score (nSPS) is 17.4. The Hall–Kier alpha value is -1.12. The lowest BCUT2D eigenvalue weighted by Gasteiger charge is -2.31. The highest BCUT2D eigenvalue weighted by Crippen LogP contribution is 2.17. The minimum absolute atomic E-state index is 0.657. The van der Waals surface area contributed by atoms with Gasteiger partial charge in [-0.05, 0) is 25.7 Å². The molecule has 0 saturated carbocycles. The molecule has 0 bridgehead atoms. The Kier molecular flexibility index (Phi) is 9.74. The molecule has 0 radical (unpaired) electrons. The minimum Gasteiger partial charge on any atom is -0.328 e. The summed E-state index contributed by atoms with van der Waals surface area (Å²) < 4.78 is 2.31. The molecule has 0 aromatic heterocycles. The van der Waals surface area contributed by atoms with Gasteiger partial charge >= 0.3 is 0 Å². The summed E-state index contributed by atoms with van der Waals surface area (Å²) in [5.74, 6) is 1.31. The van der Waals surface area contributed by atoms with E-state index in [2.05, 4.69) is 76.8 Å². The van der Waals surface area contributed by atoms with Gasteiger partial charge in [0.2, 0.25) is 0 Å². The van der Waals surface area contributed by atoms with Crippen LogP contribution in [-0.4, -0.2) is 63.3 Å². The average Bonchev–Trinajstić information content (AvgIpc) is 3.29. The highest BCUT2D eigenvalue weighted by Gasteiger charge is 2.20. The molecule has 0 unspecified atom stereocenters. The van der Waals surface area contributed by atoms with Crippen LogP contribution in [0.5, 0.6) is 0 Å². The summed E-state index contributed by atoms with van der Waals surface area (Å²) in [5.41, 5.74) is 0. The lowest BCUT2D eigenvalue weighted by molar-refractivity contribution is -0.892. The fourth-order valence-electron chi connectivity index (χ4n) is 4.66. The third-order valence-electron chi connectivity index (χ3n) is 6.34. The van der Waals surface area contributed by atoms with E-state index in [4.69, 9.17) is 0 Å². The molecule has 0 aromatic carbocycles. The van der Waals surface area contributed by atoms with Gasteiger partial charge in [-0.15, -0.1) is 0 Å². The van der Waals surface area contributed by atoms with Crippen molar-refractivity contribution in [2.24, 2.45) is 11.8 Å². The minimum atomic E-state index is 0.657. The number of hydrogen-bond donors (Lipinski definition) is 0. The summed E-state index contributed by atoms with van der Waals surface area (Å²) in [6.45, 7) is 5.12. The van der Waals surface area contributed by atoms with E-state index in [1.54, 1.807) is 0 Å². The van der Waals surface area contributed by atoms with Crippen LogP contribution in [0.2, 0.25) is 0 Å². The number of rotatable bonds is 15. The average molecular weight is 387 g/mol. The van der Waals surface area contributed by atoms with Gasteiger partial charge in [0.25, 0.3) is 0 Å². The predicted molar refractivity (Wildman–Crippen MR) is 124 cm³/mol. The van der Waals surface area contributed by atoms with Crippen molar-refractivity contribution in [2.75, 3.05) is 54.4 Å². The largest absolute Gasteiger partial charge is 0.328 e. The van der Waals surface area contributed by atoms with Crippen LogP contribution in [0, 0.1) is 11.8 Å². The zero-order valence-electron chi connectivity index (χ0n) is 19.2. The zero-order valence-corrected chi connectivity index (χ0v) is 19.2. The first-order valence-corrected chi connectivity index (χ1v) is 11.7. The molecule has 158 valence electrons. The smallest absolute Gasteiger partial charge is 0.0881 e.